The van der Waals surface area contributed by atoms with Crippen molar-refractivity contribution in [1.29, 1.82) is 0 Å². The molecule has 5 heteroatoms. The molecule has 3 aromatic carbocycles. The first-order valence-corrected chi connectivity index (χ1v) is 11.1. The van der Waals surface area contributed by atoms with Crippen molar-refractivity contribution in [2.45, 2.75) is 45.8 Å². The maximum Gasteiger partial charge on any atom is 0.313 e. The number of carbonyl (C=O) groups excluding carboxylic acids is 2. The normalized spacial score (nSPS) is 14.1. The Bertz CT molecular complexity index is 1170. The standard InChI is InChI=1S/C28H29NO4/c1-18(27(31)33-28(2,3)4)19-8-12-23(13-9-19)29-17-22-7-6-21(16-25(22)26(29)30)20-10-14-24(32-5)15-11-20/h6-16,18H,17H2,1-5H3. The van der Waals surface area contributed by atoms with Crippen molar-refractivity contribution in [1.82, 2.24) is 0 Å². The van der Waals surface area contributed by atoms with Gasteiger partial charge in [-0.25, -0.2) is 0 Å². The van der Waals surface area contributed by atoms with Crippen LogP contribution in [0.3, 0.4) is 0 Å². The molecule has 1 aliphatic rings. The summed E-state index contributed by atoms with van der Waals surface area (Å²) >= 11 is 0. The first-order valence-electron chi connectivity index (χ1n) is 11.1. The molecule has 170 valence electrons. The zero-order valence-electron chi connectivity index (χ0n) is 19.7. The number of hydrogen-bond acceptors (Lipinski definition) is 4. The van der Waals surface area contributed by atoms with Gasteiger partial charge in [0, 0.05) is 11.3 Å². The third-order valence-corrected chi connectivity index (χ3v) is 5.80. The van der Waals surface area contributed by atoms with E-state index in [1.54, 1.807) is 12.0 Å². The van der Waals surface area contributed by atoms with E-state index in [0.717, 1.165) is 39.3 Å². The van der Waals surface area contributed by atoms with Gasteiger partial charge in [-0.3, -0.25) is 9.59 Å². The van der Waals surface area contributed by atoms with Crippen LogP contribution in [0.5, 0.6) is 5.75 Å². The van der Waals surface area contributed by atoms with Crippen LogP contribution >= 0.6 is 0 Å². The van der Waals surface area contributed by atoms with E-state index in [0.29, 0.717) is 6.54 Å². The summed E-state index contributed by atoms with van der Waals surface area (Å²) in [4.78, 5) is 27.4. The summed E-state index contributed by atoms with van der Waals surface area (Å²) in [5, 5.41) is 0. The molecular weight excluding hydrogens is 414 g/mol. The minimum Gasteiger partial charge on any atom is -0.497 e. The highest BCUT2D eigenvalue weighted by atomic mass is 16.6. The monoisotopic (exact) mass is 443 g/mol. The first kappa shape index (κ1) is 22.6. The van der Waals surface area contributed by atoms with Crippen LogP contribution in [0.15, 0.2) is 66.7 Å². The average Bonchev–Trinajstić information content (AvgIpc) is 3.13. The summed E-state index contributed by atoms with van der Waals surface area (Å²) in [7, 11) is 1.64. The largest absolute Gasteiger partial charge is 0.497 e. The molecule has 1 heterocycles. The van der Waals surface area contributed by atoms with E-state index in [4.69, 9.17) is 9.47 Å². The van der Waals surface area contributed by atoms with Gasteiger partial charge in [0.15, 0.2) is 0 Å². The second-order valence-electron chi connectivity index (χ2n) is 9.34. The predicted molar refractivity (Wildman–Crippen MR) is 130 cm³/mol. The molecule has 4 rings (SSSR count). The Hall–Kier alpha value is -3.60. The summed E-state index contributed by atoms with van der Waals surface area (Å²) in [5.74, 6) is 0.141. The van der Waals surface area contributed by atoms with Crippen molar-refractivity contribution in [3.63, 3.8) is 0 Å². The van der Waals surface area contributed by atoms with Crippen LogP contribution in [0.2, 0.25) is 0 Å². The third kappa shape index (κ3) is 4.77. The number of hydrogen-bond donors (Lipinski definition) is 0. The zero-order valence-corrected chi connectivity index (χ0v) is 19.7. The number of anilines is 1. The van der Waals surface area contributed by atoms with E-state index in [1.165, 1.54) is 0 Å². The van der Waals surface area contributed by atoms with Crippen molar-refractivity contribution in [2.75, 3.05) is 12.0 Å². The van der Waals surface area contributed by atoms with Crippen LogP contribution in [0.1, 0.15) is 55.1 Å². The molecule has 0 aliphatic carbocycles. The van der Waals surface area contributed by atoms with Gasteiger partial charge in [0.25, 0.3) is 5.91 Å². The molecule has 1 aliphatic heterocycles. The quantitative estimate of drug-likeness (QED) is 0.456. The fourth-order valence-electron chi connectivity index (χ4n) is 3.94. The molecule has 0 radical (unpaired) electrons. The number of nitrogens with zero attached hydrogens (tertiary/aromatic N) is 1. The van der Waals surface area contributed by atoms with Gasteiger partial charge in [-0.1, -0.05) is 36.4 Å². The summed E-state index contributed by atoms with van der Waals surface area (Å²) < 4.78 is 10.7. The number of ether oxygens (including phenoxy) is 2. The molecule has 1 amide bonds. The number of methoxy groups -OCH3 is 1. The number of rotatable bonds is 5. The summed E-state index contributed by atoms with van der Waals surface area (Å²) in [6.07, 6.45) is 0. The molecule has 33 heavy (non-hydrogen) atoms. The van der Waals surface area contributed by atoms with E-state index in [1.807, 2.05) is 94.4 Å². The first-order chi connectivity index (χ1) is 15.7. The summed E-state index contributed by atoms with van der Waals surface area (Å²) in [6, 6.07) is 21.4. The van der Waals surface area contributed by atoms with Crippen LogP contribution < -0.4 is 9.64 Å². The Kier molecular flexibility index (Phi) is 5.98. The molecule has 0 saturated heterocycles. The molecule has 0 bridgehead atoms. The van der Waals surface area contributed by atoms with Crippen LogP contribution in [0.4, 0.5) is 5.69 Å². The molecular formula is C28H29NO4. The number of esters is 1. The highest BCUT2D eigenvalue weighted by Gasteiger charge is 2.29. The van der Waals surface area contributed by atoms with Crippen LogP contribution in [0.25, 0.3) is 11.1 Å². The molecule has 0 aromatic heterocycles. The van der Waals surface area contributed by atoms with Crippen molar-refractivity contribution in [3.05, 3.63) is 83.4 Å². The zero-order chi connectivity index (χ0) is 23.8. The predicted octanol–water partition coefficient (Wildman–Crippen LogP) is 5.97. The van der Waals surface area contributed by atoms with Gasteiger partial charge in [0.05, 0.1) is 19.6 Å². The lowest BCUT2D eigenvalue weighted by atomic mass is 10.0. The van der Waals surface area contributed by atoms with Crippen LogP contribution in [-0.4, -0.2) is 24.6 Å². The van der Waals surface area contributed by atoms with E-state index in [2.05, 4.69) is 0 Å². The minimum absolute atomic E-state index is 0.0201. The van der Waals surface area contributed by atoms with Crippen LogP contribution in [0, 0.1) is 0 Å². The lowest BCUT2D eigenvalue weighted by Crippen LogP contribution is -2.27. The highest BCUT2D eigenvalue weighted by Crippen LogP contribution is 2.33. The fourth-order valence-corrected chi connectivity index (χ4v) is 3.94. The van der Waals surface area contributed by atoms with Gasteiger partial charge in [0.2, 0.25) is 0 Å². The highest BCUT2D eigenvalue weighted by molar-refractivity contribution is 6.10. The maximum absolute atomic E-state index is 13.2. The van der Waals surface area contributed by atoms with Gasteiger partial charge in [-0.15, -0.1) is 0 Å². The Balaban J connectivity index is 1.52. The molecule has 0 N–H and O–H groups in total. The number of amides is 1. The van der Waals surface area contributed by atoms with Gasteiger partial charge < -0.3 is 14.4 Å². The SMILES string of the molecule is COc1ccc(-c2ccc3c(c2)C(=O)N(c2ccc(C(C)C(=O)OC(C)(C)C)cc2)C3)cc1. The smallest absolute Gasteiger partial charge is 0.313 e. The minimum atomic E-state index is -0.524. The summed E-state index contributed by atoms with van der Waals surface area (Å²) in [5.41, 5.74) is 4.89. The van der Waals surface area contributed by atoms with Gasteiger partial charge >= 0.3 is 5.97 Å². The molecule has 0 saturated carbocycles. The van der Waals surface area contributed by atoms with E-state index in [9.17, 15) is 9.59 Å². The van der Waals surface area contributed by atoms with Crippen molar-refractivity contribution in [2.24, 2.45) is 0 Å². The molecule has 1 atom stereocenters. The lowest BCUT2D eigenvalue weighted by molar-refractivity contribution is -0.156. The van der Waals surface area contributed by atoms with Crippen molar-refractivity contribution >= 4 is 17.6 Å². The Labute approximate surface area is 194 Å². The van der Waals surface area contributed by atoms with Gasteiger partial charge in [-0.2, -0.15) is 0 Å². The van der Waals surface area contributed by atoms with Gasteiger partial charge in [-0.05, 0) is 80.3 Å². The number of fused-ring (bicyclic) bond motifs is 1. The van der Waals surface area contributed by atoms with E-state index in [-0.39, 0.29) is 17.8 Å². The van der Waals surface area contributed by atoms with Gasteiger partial charge in [0.1, 0.15) is 11.4 Å². The third-order valence-electron chi connectivity index (χ3n) is 5.80. The molecule has 1 unspecified atom stereocenters. The van der Waals surface area contributed by atoms with Crippen LogP contribution in [-0.2, 0) is 16.1 Å². The maximum atomic E-state index is 13.2. The molecule has 0 spiro atoms. The van der Waals surface area contributed by atoms with E-state index < -0.39 is 5.60 Å². The molecule has 0 fully saturated rings. The van der Waals surface area contributed by atoms with E-state index >= 15 is 0 Å². The fraction of sp³-hybridized carbons (Fsp3) is 0.286. The Morgan fingerprint density at radius 3 is 2.18 bits per heavy atom. The summed E-state index contributed by atoms with van der Waals surface area (Å²) in [6.45, 7) is 7.94. The number of benzene rings is 3. The second kappa shape index (κ2) is 8.74. The Morgan fingerprint density at radius 1 is 0.939 bits per heavy atom. The molecule has 5 nitrogen and oxygen atoms in total. The average molecular weight is 444 g/mol. The van der Waals surface area contributed by atoms with Crippen molar-refractivity contribution in [3.8, 4) is 16.9 Å². The topological polar surface area (TPSA) is 55.8 Å². The number of carbonyl (C=O) groups is 2. The Morgan fingerprint density at radius 2 is 1.58 bits per heavy atom. The lowest BCUT2D eigenvalue weighted by Gasteiger charge is -2.23. The molecule has 3 aromatic rings. The second-order valence-corrected chi connectivity index (χ2v) is 9.34. The van der Waals surface area contributed by atoms with Crippen molar-refractivity contribution < 1.29 is 19.1 Å².